The van der Waals surface area contributed by atoms with Gasteiger partial charge in [-0.3, -0.25) is 9.97 Å². The van der Waals surface area contributed by atoms with Gasteiger partial charge in [-0.25, -0.2) is 0 Å². The zero-order valence-electron chi connectivity index (χ0n) is 14.1. The Balaban J connectivity index is 1.78. The maximum absolute atomic E-state index is 4.52. The molecule has 0 radical (unpaired) electrons. The lowest BCUT2D eigenvalue weighted by Crippen LogP contribution is -2.23. The number of dihydropyridines is 1. The van der Waals surface area contributed by atoms with Crippen LogP contribution in [0.25, 0.3) is 11.3 Å². The Morgan fingerprint density at radius 3 is 2.28 bits per heavy atom. The van der Waals surface area contributed by atoms with Crippen molar-refractivity contribution in [3.63, 3.8) is 0 Å². The van der Waals surface area contributed by atoms with Gasteiger partial charge in [0.25, 0.3) is 0 Å². The Morgan fingerprint density at radius 2 is 1.60 bits per heavy atom. The Morgan fingerprint density at radius 1 is 0.840 bits per heavy atom. The van der Waals surface area contributed by atoms with E-state index in [2.05, 4.69) is 58.6 Å². The Kier molecular flexibility index (Phi) is 4.13. The van der Waals surface area contributed by atoms with Crippen LogP contribution in [-0.4, -0.2) is 9.97 Å². The summed E-state index contributed by atoms with van der Waals surface area (Å²) >= 11 is 0. The predicted octanol–water partition coefficient (Wildman–Crippen LogP) is 4.55. The van der Waals surface area contributed by atoms with Crippen LogP contribution in [0.5, 0.6) is 0 Å². The second-order valence-corrected chi connectivity index (χ2v) is 6.14. The molecule has 0 amide bonds. The summed E-state index contributed by atoms with van der Waals surface area (Å²) in [6.45, 7) is 2.10. The summed E-state index contributed by atoms with van der Waals surface area (Å²) in [5.74, 6) is 0. The first-order valence-corrected chi connectivity index (χ1v) is 8.39. The van der Waals surface area contributed by atoms with Gasteiger partial charge in [-0.05, 0) is 54.5 Å². The van der Waals surface area contributed by atoms with Crippen molar-refractivity contribution in [3.05, 3.63) is 108 Å². The molecule has 1 aliphatic rings. The number of aromatic nitrogens is 2. The molecule has 2 aromatic heterocycles. The standard InChI is InChI=1S/C22H19N3/c1-16-8-10-17(11-9-16)18-14-21(19-6-2-4-12-23-19)25-22(15-18)20-7-3-5-13-24-20/h2-15,21,25H,1H3. The number of benzene rings is 1. The lowest BCUT2D eigenvalue weighted by molar-refractivity contribution is 0.736. The van der Waals surface area contributed by atoms with Crippen LogP contribution in [0.1, 0.15) is 28.6 Å². The first-order valence-electron chi connectivity index (χ1n) is 8.39. The van der Waals surface area contributed by atoms with Crippen molar-refractivity contribution in [3.8, 4) is 0 Å². The number of hydrogen-bond acceptors (Lipinski definition) is 3. The molecule has 0 spiro atoms. The van der Waals surface area contributed by atoms with Crippen LogP contribution in [0.3, 0.4) is 0 Å². The second kappa shape index (κ2) is 6.73. The van der Waals surface area contributed by atoms with Gasteiger partial charge in [-0.15, -0.1) is 0 Å². The van der Waals surface area contributed by atoms with Gasteiger partial charge in [-0.2, -0.15) is 0 Å². The summed E-state index contributed by atoms with van der Waals surface area (Å²) in [6, 6.07) is 20.6. The highest BCUT2D eigenvalue weighted by atomic mass is 15.0. The fraction of sp³-hybridized carbons (Fsp3) is 0.0909. The number of pyridine rings is 2. The molecule has 4 rings (SSSR count). The van der Waals surface area contributed by atoms with E-state index in [4.69, 9.17) is 0 Å². The molecule has 3 aromatic rings. The highest BCUT2D eigenvalue weighted by Gasteiger charge is 2.19. The number of rotatable bonds is 3. The van der Waals surface area contributed by atoms with Gasteiger partial charge in [0.05, 0.1) is 23.1 Å². The van der Waals surface area contributed by atoms with Crippen LogP contribution in [0, 0.1) is 6.92 Å². The molecule has 25 heavy (non-hydrogen) atoms. The molecule has 0 saturated heterocycles. The summed E-state index contributed by atoms with van der Waals surface area (Å²) in [6.07, 6.45) is 8.03. The van der Waals surface area contributed by atoms with Crippen molar-refractivity contribution in [2.24, 2.45) is 0 Å². The molecule has 1 atom stereocenters. The SMILES string of the molecule is Cc1ccc(C2=CC(c3ccccn3)NC(c3ccccn3)=C2)cc1. The number of aryl methyl sites for hydroxylation is 1. The Bertz CT molecular complexity index is 911. The van der Waals surface area contributed by atoms with E-state index in [9.17, 15) is 0 Å². The predicted molar refractivity (Wildman–Crippen MR) is 101 cm³/mol. The summed E-state index contributed by atoms with van der Waals surface area (Å²) < 4.78 is 0. The first-order chi connectivity index (χ1) is 12.3. The minimum atomic E-state index is 0.0134. The highest BCUT2D eigenvalue weighted by molar-refractivity contribution is 5.85. The summed E-state index contributed by atoms with van der Waals surface area (Å²) in [5, 5.41) is 3.56. The quantitative estimate of drug-likeness (QED) is 0.767. The van der Waals surface area contributed by atoms with E-state index in [1.165, 1.54) is 16.7 Å². The van der Waals surface area contributed by atoms with Gasteiger partial charge >= 0.3 is 0 Å². The average molecular weight is 325 g/mol. The van der Waals surface area contributed by atoms with E-state index in [1.54, 1.807) is 0 Å². The largest absolute Gasteiger partial charge is 0.371 e. The van der Waals surface area contributed by atoms with Crippen LogP contribution in [0.2, 0.25) is 0 Å². The Hall–Kier alpha value is -3.20. The van der Waals surface area contributed by atoms with Gasteiger partial charge in [0.15, 0.2) is 0 Å². The zero-order valence-corrected chi connectivity index (χ0v) is 14.1. The molecule has 1 aromatic carbocycles. The summed E-state index contributed by atoms with van der Waals surface area (Å²) in [7, 11) is 0. The third-order valence-corrected chi connectivity index (χ3v) is 4.29. The van der Waals surface area contributed by atoms with Crippen molar-refractivity contribution < 1.29 is 0 Å². The van der Waals surface area contributed by atoms with Crippen molar-refractivity contribution in [1.82, 2.24) is 15.3 Å². The van der Waals surface area contributed by atoms with Crippen LogP contribution >= 0.6 is 0 Å². The lowest BCUT2D eigenvalue weighted by atomic mass is 9.96. The molecule has 1 aliphatic heterocycles. The minimum Gasteiger partial charge on any atom is -0.371 e. The van der Waals surface area contributed by atoms with Gasteiger partial charge < -0.3 is 5.32 Å². The van der Waals surface area contributed by atoms with E-state index in [-0.39, 0.29) is 6.04 Å². The molecule has 0 saturated carbocycles. The number of hydrogen-bond donors (Lipinski definition) is 1. The zero-order chi connectivity index (χ0) is 17.1. The maximum atomic E-state index is 4.52. The van der Waals surface area contributed by atoms with E-state index < -0.39 is 0 Å². The lowest BCUT2D eigenvalue weighted by Gasteiger charge is -2.24. The maximum Gasteiger partial charge on any atom is 0.0879 e. The summed E-state index contributed by atoms with van der Waals surface area (Å²) in [5.41, 5.74) is 6.56. The van der Waals surface area contributed by atoms with Gasteiger partial charge in [-0.1, -0.05) is 42.0 Å². The number of nitrogens with zero attached hydrogens (tertiary/aromatic N) is 2. The Labute approximate surface area is 147 Å². The molecular weight excluding hydrogens is 306 g/mol. The number of nitrogens with one attached hydrogen (secondary N) is 1. The average Bonchev–Trinajstić information content (AvgIpc) is 2.69. The second-order valence-electron chi connectivity index (χ2n) is 6.14. The third-order valence-electron chi connectivity index (χ3n) is 4.29. The number of allylic oxidation sites excluding steroid dienone is 2. The van der Waals surface area contributed by atoms with E-state index in [0.717, 1.165) is 17.1 Å². The van der Waals surface area contributed by atoms with Crippen molar-refractivity contribution >= 4 is 11.3 Å². The van der Waals surface area contributed by atoms with E-state index in [0.29, 0.717) is 0 Å². The van der Waals surface area contributed by atoms with Crippen LogP contribution in [-0.2, 0) is 0 Å². The topological polar surface area (TPSA) is 37.8 Å². The van der Waals surface area contributed by atoms with Gasteiger partial charge in [0.1, 0.15) is 0 Å². The van der Waals surface area contributed by atoms with Crippen LogP contribution in [0.4, 0.5) is 0 Å². The fourth-order valence-electron chi connectivity index (χ4n) is 2.95. The van der Waals surface area contributed by atoms with Gasteiger partial charge in [0, 0.05) is 12.4 Å². The molecule has 3 nitrogen and oxygen atoms in total. The molecular formula is C22H19N3. The molecule has 1 unspecified atom stereocenters. The summed E-state index contributed by atoms with van der Waals surface area (Å²) in [4.78, 5) is 9.01. The van der Waals surface area contributed by atoms with Crippen molar-refractivity contribution in [2.75, 3.05) is 0 Å². The van der Waals surface area contributed by atoms with E-state index >= 15 is 0 Å². The fourth-order valence-corrected chi connectivity index (χ4v) is 2.95. The van der Waals surface area contributed by atoms with E-state index in [1.807, 2.05) is 48.8 Å². The van der Waals surface area contributed by atoms with Crippen LogP contribution < -0.4 is 5.32 Å². The van der Waals surface area contributed by atoms with Crippen molar-refractivity contribution in [1.29, 1.82) is 0 Å². The van der Waals surface area contributed by atoms with Crippen molar-refractivity contribution in [2.45, 2.75) is 13.0 Å². The molecule has 3 heteroatoms. The first kappa shape index (κ1) is 15.3. The van der Waals surface area contributed by atoms with Crippen LogP contribution in [0.15, 0.2) is 85.2 Å². The molecule has 1 N–H and O–H groups in total. The smallest absolute Gasteiger partial charge is 0.0879 e. The normalized spacial score (nSPS) is 16.6. The molecule has 0 bridgehead atoms. The van der Waals surface area contributed by atoms with Gasteiger partial charge in [0.2, 0.25) is 0 Å². The molecule has 0 fully saturated rings. The molecule has 0 aliphatic carbocycles. The highest BCUT2D eigenvalue weighted by Crippen LogP contribution is 2.30. The minimum absolute atomic E-state index is 0.0134. The molecule has 3 heterocycles. The monoisotopic (exact) mass is 325 g/mol. The third kappa shape index (κ3) is 3.36. The molecule has 122 valence electrons.